The predicted octanol–water partition coefficient (Wildman–Crippen LogP) is 0.554. The normalized spacial score (nSPS) is 12.9. The zero-order chi connectivity index (χ0) is 12.7. The van der Waals surface area contributed by atoms with Gasteiger partial charge in [-0.1, -0.05) is 13.8 Å². The third-order valence-corrected chi connectivity index (χ3v) is 2.33. The fourth-order valence-corrected chi connectivity index (χ4v) is 1.25. The maximum absolute atomic E-state index is 11.5. The van der Waals surface area contributed by atoms with Gasteiger partial charge in [-0.3, -0.25) is 9.59 Å². The zero-order valence-electron chi connectivity index (χ0n) is 10.5. The molecule has 0 bridgehead atoms. The highest BCUT2D eigenvalue weighted by atomic mass is 16.4. The molecule has 0 radical (unpaired) electrons. The maximum atomic E-state index is 11.5. The molecule has 0 aliphatic carbocycles. The van der Waals surface area contributed by atoms with E-state index in [0.29, 0.717) is 13.0 Å². The van der Waals surface area contributed by atoms with Gasteiger partial charge in [-0.05, 0) is 20.0 Å². The van der Waals surface area contributed by atoms with Crippen LogP contribution in [0.25, 0.3) is 0 Å². The average Bonchev–Trinajstić information content (AvgIpc) is 2.12. The van der Waals surface area contributed by atoms with Crippen molar-refractivity contribution in [1.29, 1.82) is 0 Å². The van der Waals surface area contributed by atoms with Gasteiger partial charge >= 0.3 is 5.97 Å². The molecule has 0 aliphatic rings. The van der Waals surface area contributed by atoms with Gasteiger partial charge in [0.15, 0.2) is 0 Å². The van der Waals surface area contributed by atoms with Crippen LogP contribution in [0.3, 0.4) is 0 Å². The number of hydrogen-bond acceptors (Lipinski definition) is 3. The summed E-state index contributed by atoms with van der Waals surface area (Å²) in [6.45, 7) is 4.48. The molecule has 1 atom stereocenters. The second-order valence-electron chi connectivity index (χ2n) is 4.57. The van der Waals surface area contributed by atoms with Crippen molar-refractivity contribution in [2.24, 2.45) is 5.92 Å². The van der Waals surface area contributed by atoms with Crippen LogP contribution in [0.2, 0.25) is 0 Å². The predicted molar refractivity (Wildman–Crippen MR) is 62.2 cm³/mol. The molecular weight excluding hydrogens is 208 g/mol. The SMILES string of the molecule is CC(C)C(CC(=O)O)NC(=O)CCN(C)C. The first kappa shape index (κ1) is 14.9. The number of hydrogen-bond donors (Lipinski definition) is 2. The summed E-state index contributed by atoms with van der Waals surface area (Å²) >= 11 is 0. The summed E-state index contributed by atoms with van der Waals surface area (Å²) in [6.07, 6.45) is 0.376. The van der Waals surface area contributed by atoms with Crippen molar-refractivity contribution in [2.45, 2.75) is 32.7 Å². The van der Waals surface area contributed by atoms with Crippen molar-refractivity contribution in [2.75, 3.05) is 20.6 Å². The van der Waals surface area contributed by atoms with Crippen LogP contribution < -0.4 is 5.32 Å². The second-order valence-corrected chi connectivity index (χ2v) is 4.57. The molecule has 0 fully saturated rings. The van der Waals surface area contributed by atoms with Crippen LogP contribution in [0.15, 0.2) is 0 Å². The zero-order valence-corrected chi connectivity index (χ0v) is 10.5. The molecule has 5 heteroatoms. The van der Waals surface area contributed by atoms with Gasteiger partial charge in [-0.15, -0.1) is 0 Å². The number of carboxylic acid groups (broad SMARTS) is 1. The van der Waals surface area contributed by atoms with Crippen LogP contribution in [0.1, 0.15) is 26.7 Å². The van der Waals surface area contributed by atoms with E-state index >= 15 is 0 Å². The molecule has 5 nitrogen and oxygen atoms in total. The third-order valence-electron chi connectivity index (χ3n) is 2.33. The Labute approximate surface area is 96.8 Å². The molecule has 16 heavy (non-hydrogen) atoms. The molecule has 94 valence electrons. The summed E-state index contributed by atoms with van der Waals surface area (Å²) in [4.78, 5) is 24.0. The smallest absolute Gasteiger partial charge is 0.305 e. The Kier molecular flexibility index (Phi) is 6.72. The standard InChI is InChI=1S/C11H22N2O3/c1-8(2)9(7-11(15)16)12-10(14)5-6-13(3)4/h8-9H,5-7H2,1-4H3,(H,12,14)(H,15,16). The number of nitrogens with zero attached hydrogens (tertiary/aromatic N) is 1. The van der Waals surface area contributed by atoms with Crippen LogP contribution in [0.4, 0.5) is 0 Å². The minimum absolute atomic E-state index is 0.0224. The fourth-order valence-electron chi connectivity index (χ4n) is 1.25. The van der Waals surface area contributed by atoms with E-state index < -0.39 is 5.97 Å². The molecular formula is C11H22N2O3. The highest BCUT2D eigenvalue weighted by Gasteiger charge is 2.19. The molecule has 0 saturated carbocycles. The molecule has 1 unspecified atom stereocenters. The van der Waals surface area contributed by atoms with E-state index in [0.717, 1.165) is 0 Å². The first-order chi connectivity index (χ1) is 7.32. The van der Waals surface area contributed by atoms with Crippen LogP contribution in [-0.2, 0) is 9.59 Å². The Morgan fingerprint density at radius 3 is 2.25 bits per heavy atom. The number of nitrogens with one attached hydrogen (secondary N) is 1. The first-order valence-electron chi connectivity index (χ1n) is 5.48. The van der Waals surface area contributed by atoms with Crippen LogP contribution in [0.5, 0.6) is 0 Å². The third kappa shape index (κ3) is 7.23. The van der Waals surface area contributed by atoms with Gasteiger partial charge in [0.05, 0.1) is 6.42 Å². The lowest BCUT2D eigenvalue weighted by atomic mass is 10.0. The molecule has 0 spiro atoms. The lowest BCUT2D eigenvalue weighted by Crippen LogP contribution is -2.40. The summed E-state index contributed by atoms with van der Waals surface area (Å²) in [5.41, 5.74) is 0. The molecule has 0 aromatic heterocycles. The summed E-state index contributed by atoms with van der Waals surface area (Å²) in [7, 11) is 3.79. The Hall–Kier alpha value is -1.10. The van der Waals surface area contributed by atoms with Crippen molar-refractivity contribution in [3.05, 3.63) is 0 Å². The molecule has 0 heterocycles. The van der Waals surface area contributed by atoms with Crippen molar-refractivity contribution in [1.82, 2.24) is 10.2 Å². The Balaban J connectivity index is 4.08. The Bertz CT molecular complexity index is 239. The minimum Gasteiger partial charge on any atom is -0.481 e. The van der Waals surface area contributed by atoms with Gasteiger partial charge in [0.2, 0.25) is 5.91 Å². The second kappa shape index (κ2) is 7.22. The first-order valence-corrected chi connectivity index (χ1v) is 5.48. The maximum Gasteiger partial charge on any atom is 0.305 e. The van der Waals surface area contributed by atoms with Gasteiger partial charge in [0.1, 0.15) is 0 Å². The fraction of sp³-hybridized carbons (Fsp3) is 0.818. The highest BCUT2D eigenvalue weighted by Crippen LogP contribution is 2.06. The molecule has 0 aromatic rings. The molecule has 0 saturated heterocycles. The van der Waals surface area contributed by atoms with E-state index in [9.17, 15) is 9.59 Å². The molecule has 2 N–H and O–H groups in total. The molecule has 1 amide bonds. The number of carboxylic acids is 1. The number of amides is 1. The van der Waals surface area contributed by atoms with Crippen LogP contribution in [-0.4, -0.2) is 48.6 Å². The van der Waals surface area contributed by atoms with Gasteiger partial charge in [-0.2, -0.15) is 0 Å². The number of carbonyl (C=O) groups excluding carboxylic acids is 1. The van der Waals surface area contributed by atoms with E-state index in [4.69, 9.17) is 5.11 Å². The number of carbonyl (C=O) groups is 2. The van der Waals surface area contributed by atoms with Crippen LogP contribution in [0, 0.1) is 5.92 Å². The topological polar surface area (TPSA) is 69.6 Å². The van der Waals surface area contributed by atoms with Gasteiger partial charge < -0.3 is 15.3 Å². The van der Waals surface area contributed by atoms with Crippen molar-refractivity contribution >= 4 is 11.9 Å². The monoisotopic (exact) mass is 230 g/mol. The molecule has 0 aromatic carbocycles. The lowest BCUT2D eigenvalue weighted by molar-refractivity contribution is -0.138. The van der Waals surface area contributed by atoms with Crippen molar-refractivity contribution < 1.29 is 14.7 Å². The van der Waals surface area contributed by atoms with E-state index in [1.165, 1.54) is 0 Å². The molecule has 0 rings (SSSR count). The summed E-state index contributed by atoms with van der Waals surface area (Å²) in [5, 5.41) is 11.5. The minimum atomic E-state index is -0.883. The van der Waals surface area contributed by atoms with E-state index in [2.05, 4.69) is 5.32 Å². The summed E-state index contributed by atoms with van der Waals surface area (Å²) < 4.78 is 0. The van der Waals surface area contributed by atoms with Gasteiger partial charge in [0.25, 0.3) is 0 Å². The van der Waals surface area contributed by atoms with Crippen molar-refractivity contribution in [3.8, 4) is 0 Å². The Morgan fingerprint density at radius 2 is 1.88 bits per heavy atom. The quantitative estimate of drug-likeness (QED) is 0.670. The van der Waals surface area contributed by atoms with E-state index in [1.54, 1.807) is 0 Å². The summed E-state index contributed by atoms with van der Waals surface area (Å²) in [5.74, 6) is -0.848. The molecule has 0 aliphatic heterocycles. The van der Waals surface area contributed by atoms with Gasteiger partial charge in [-0.25, -0.2) is 0 Å². The number of aliphatic carboxylic acids is 1. The Morgan fingerprint density at radius 1 is 1.31 bits per heavy atom. The number of rotatable bonds is 7. The van der Waals surface area contributed by atoms with Gasteiger partial charge in [0, 0.05) is 19.0 Å². The lowest BCUT2D eigenvalue weighted by Gasteiger charge is -2.21. The van der Waals surface area contributed by atoms with E-state index in [1.807, 2.05) is 32.8 Å². The van der Waals surface area contributed by atoms with E-state index in [-0.39, 0.29) is 24.3 Å². The van der Waals surface area contributed by atoms with Crippen molar-refractivity contribution in [3.63, 3.8) is 0 Å². The largest absolute Gasteiger partial charge is 0.481 e. The summed E-state index contributed by atoms with van der Waals surface area (Å²) in [6, 6.07) is -0.285. The highest BCUT2D eigenvalue weighted by molar-refractivity contribution is 5.77. The average molecular weight is 230 g/mol. The van der Waals surface area contributed by atoms with Crippen LogP contribution >= 0.6 is 0 Å².